The van der Waals surface area contributed by atoms with Crippen LogP contribution in [-0.2, 0) is 0 Å². The molecule has 3 rings (SSSR count). The standard InChI is InChI=1S/C21H25NO/c23-21(22-20-11-7-2-1-3-8-12-20)19-15-13-18(14-16-19)17-9-5-4-6-10-17/h4-6,9-10,13-16,20H,1-3,7-8,11-12H2,(H,22,23). The number of carbonyl (C=O) groups is 1. The van der Waals surface area contributed by atoms with E-state index in [0.29, 0.717) is 6.04 Å². The third-order valence-corrected chi connectivity index (χ3v) is 4.69. The van der Waals surface area contributed by atoms with Crippen molar-refractivity contribution < 1.29 is 4.79 Å². The molecule has 1 amide bonds. The van der Waals surface area contributed by atoms with Gasteiger partial charge >= 0.3 is 0 Å². The zero-order valence-electron chi connectivity index (χ0n) is 13.6. The van der Waals surface area contributed by atoms with Gasteiger partial charge in [0, 0.05) is 11.6 Å². The summed E-state index contributed by atoms with van der Waals surface area (Å²) in [6, 6.07) is 18.5. The number of rotatable bonds is 3. The van der Waals surface area contributed by atoms with Gasteiger partial charge in [0.2, 0.25) is 0 Å². The molecule has 1 aliphatic carbocycles. The van der Waals surface area contributed by atoms with Crippen LogP contribution in [0.3, 0.4) is 0 Å². The van der Waals surface area contributed by atoms with Gasteiger partial charge in [-0.3, -0.25) is 4.79 Å². The molecule has 0 saturated heterocycles. The fourth-order valence-corrected chi connectivity index (χ4v) is 3.31. The van der Waals surface area contributed by atoms with Crippen molar-refractivity contribution in [1.29, 1.82) is 0 Å². The van der Waals surface area contributed by atoms with E-state index in [-0.39, 0.29) is 5.91 Å². The molecule has 2 aromatic rings. The van der Waals surface area contributed by atoms with Crippen molar-refractivity contribution in [2.45, 2.75) is 51.0 Å². The summed E-state index contributed by atoms with van der Waals surface area (Å²) in [6.45, 7) is 0. The lowest BCUT2D eigenvalue weighted by atomic mass is 9.96. The van der Waals surface area contributed by atoms with E-state index in [1.54, 1.807) is 0 Å². The molecular formula is C21H25NO. The van der Waals surface area contributed by atoms with E-state index < -0.39 is 0 Å². The first-order chi connectivity index (χ1) is 11.3. The first-order valence-corrected chi connectivity index (χ1v) is 8.79. The van der Waals surface area contributed by atoms with Gasteiger partial charge in [0.05, 0.1) is 0 Å². The van der Waals surface area contributed by atoms with Crippen LogP contribution < -0.4 is 5.32 Å². The SMILES string of the molecule is O=C(NC1CCCCCCC1)c1ccc(-c2ccccc2)cc1. The van der Waals surface area contributed by atoms with E-state index >= 15 is 0 Å². The molecule has 0 heterocycles. The highest BCUT2D eigenvalue weighted by atomic mass is 16.1. The summed E-state index contributed by atoms with van der Waals surface area (Å²) >= 11 is 0. The normalized spacial score (nSPS) is 16.3. The lowest BCUT2D eigenvalue weighted by Crippen LogP contribution is -2.35. The Bertz CT molecular complexity index is 610. The lowest BCUT2D eigenvalue weighted by Gasteiger charge is -2.21. The third-order valence-electron chi connectivity index (χ3n) is 4.69. The molecule has 0 aliphatic heterocycles. The Hall–Kier alpha value is -2.09. The van der Waals surface area contributed by atoms with Crippen molar-refractivity contribution >= 4 is 5.91 Å². The van der Waals surface area contributed by atoms with E-state index in [0.717, 1.165) is 24.0 Å². The van der Waals surface area contributed by atoms with E-state index in [4.69, 9.17) is 0 Å². The largest absolute Gasteiger partial charge is 0.349 e. The number of carbonyl (C=O) groups excluding carboxylic acids is 1. The number of benzene rings is 2. The van der Waals surface area contributed by atoms with Crippen LogP contribution in [0.1, 0.15) is 55.3 Å². The molecule has 1 N–H and O–H groups in total. The fraction of sp³-hybridized carbons (Fsp3) is 0.381. The van der Waals surface area contributed by atoms with Gasteiger partial charge < -0.3 is 5.32 Å². The minimum absolute atomic E-state index is 0.0650. The fourth-order valence-electron chi connectivity index (χ4n) is 3.31. The van der Waals surface area contributed by atoms with Crippen LogP contribution in [0, 0.1) is 0 Å². The smallest absolute Gasteiger partial charge is 0.251 e. The summed E-state index contributed by atoms with van der Waals surface area (Å²) < 4.78 is 0. The van der Waals surface area contributed by atoms with Crippen LogP contribution in [0.4, 0.5) is 0 Å². The molecular weight excluding hydrogens is 282 g/mol. The Labute approximate surface area is 138 Å². The summed E-state index contributed by atoms with van der Waals surface area (Å²) in [6.07, 6.45) is 8.66. The Morgan fingerprint density at radius 3 is 1.96 bits per heavy atom. The Kier molecular flexibility index (Phi) is 5.46. The van der Waals surface area contributed by atoms with Crippen LogP contribution in [-0.4, -0.2) is 11.9 Å². The van der Waals surface area contributed by atoms with Crippen LogP contribution in [0.5, 0.6) is 0 Å². The van der Waals surface area contributed by atoms with Crippen molar-refractivity contribution in [2.75, 3.05) is 0 Å². The second kappa shape index (κ2) is 7.96. The van der Waals surface area contributed by atoms with Gasteiger partial charge in [-0.1, -0.05) is 74.6 Å². The predicted molar refractivity (Wildman–Crippen MR) is 95.5 cm³/mol. The molecule has 0 atom stereocenters. The molecule has 1 fully saturated rings. The van der Waals surface area contributed by atoms with E-state index in [2.05, 4.69) is 17.4 Å². The average Bonchev–Trinajstić information content (AvgIpc) is 2.58. The molecule has 23 heavy (non-hydrogen) atoms. The minimum atomic E-state index is 0.0650. The molecule has 0 spiro atoms. The van der Waals surface area contributed by atoms with Crippen molar-refractivity contribution in [3.8, 4) is 11.1 Å². The van der Waals surface area contributed by atoms with Gasteiger partial charge in [0.1, 0.15) is 0 Å². The highest BCUT2D eigenvalue weighted by molar-refractivity contribution is 5.94. The average molecular weight is 307 g/mol. The summed E-state index contributed by atoms with van der Waals surface area (Å²) in [5.74, 6) is 0.0650. The van der Waals surface area contributed by atoms with Gasteiger partial charge in [-0.15, -0.1) is 0 Å². The van der Waals surface area contributed by atoms with Gasteiger partial charge in [0.25, 0.3) is 5.91 Å². The molecule has 0 radical (unpaired) electrons. The quantitative estimate of drug-likeness (QED) is 0.830. The van der Waals surface area contributed by atoms with E-state index in [1.807, 2.05) is 42.5 Å². The third kappa shape index (κ3) is 4.44. The molecule has 1 saturated carbocycles. The second-order valence-electron chi connectivity index (χ2n) is 6.46. The van der Waals surface area contributed by atoms with Crippen LogP contribution in [0.2, 0.25) is 0 Å². The molecule has 1 aliphatic rings. The number of amides is 1. The molecule has 2 nitrogen and oxygen atoms in total. The zero-order valence-corrected chi connectivity index (χ0v) is 13.6. The molecule has 120 valence electrons. The van der Waals surface area contributed by atoms with Crippen molar-refractivity contribution in [2.24, 2.45) is 0 Å². The molecule has 0 aromatic heterocycles. The Morgan fingerprint density at radius 2 is 1.30 bits per heavy atom. The van der Waals surface area contributed by atoms with Gasteiger partial charge in [-0.25, -0.2) is 0 Å². The van der Waals surface area contributed by atoms with Crippen molar-refractivity contribution in [1.82, 2.24) is 5.32 Å². The van der Waals surface area contributed by atoms with Crippen molar-refractivity contribution in [3.05, 3.63) is 60.2 Å². The number of hydrogen-bond donors (Lipinski definition) is 1. The summed E-state index contributed by atoms with van der Waals surface area (Å²) in [7, 11) is 0. The molecule has 0 bridgehead atoms. The Balaban J connectivity index is 1.63. The number of nitrogens with one attached hydrogen (secondary N) is 1. The van der Waals surface area contributed by atoms with Crippen LogP contribution in [0.15, 0.2) is 54.6 Å². The summed E-state index contributed by atoms with van der Waals surface area (Å²) in [5.41, 5.74) is 3.08. The highest BCUT2D eigenvalue weighted by Gasteiger charge is 2.15. The lowest BCUT2D eigenvalue weighted by molar-refractivity contribution is 0.0930. The van der Waals surface area contributed by atoms with Crippen LogP contribution >= 0.6 is 0 Å². The topological polar surface area (TPSA) is 29.1 Å². The summed E-state index contributed by atoms with van der Waals surface area (Å²) in [5, 5.41) is 3.22. The first kappa shape index (κ1) is 15.8. The van der Waals surface area contributed by atoms with E-state index in [9.17, 15) is 4.79 Å². The zero-order chi connectivity index (χ0) is 15.9. The van der Waals surface area contributed by atoms with Gasteiger partial charge in [-0.2, -0.15) is 0 Å². The Morgan fingerprint density at radius 1 is 0.739 bits per heavy atom. The molecule has 0 unspecified atom stereocenters. The van der Waals surface area contributed by atoms with E-state index in [1.165, 1.54) is 37.7 Å². The predicted octanol–water partition coefficient (Wildman–Crippen LogP) is 5.20. The molecule has 2 heteroatoms. The van der Waals surface area contributed by atoms with Gasteiger partial charge in [0.15, 0.2) is 0 Å². The maximum Gasteiger partial charge on any atom is 0.251 e. The van der Waals surface area contributed by atoms with Crippen molar-refractivity contribution in [3.63, 3.8) is 0 Å². The monoisotopic (exact) mass is 307 g/mol. The number of hydrogen-bond acceptors (Lipinski definition) is 1. The first-order valence-electron chi connectivity index (χ1n) is 8.79. The molecule has 2 aromatic carbocycles. The highest BCUT2D eigenvalue weighted by Crippen LogP contribution is 2.20. The minimum Gasteiger partial charge on any atom is -0.349 e. The second-order valence-corrected chi connectivity index (χ2v) is 6.46. The maximum absolute atomic E-state index is 12.4. The van der Waals surface area contributed by atoms with Crippen LogP contribution in [0.25, 0.3) is 11.1 Å². The maximum atomic E-state index is 12.4. The summed E-state index contributed by atoms with van der Waals surface area (Å²) in [4.78, 5) is 12.4. The van der Waals surface area contributed by atoms with Gasteiger partial charge in [-0.05, 0) is 36.1 Å².